The zero-order valence-electron chi connectivity index (χ0n) is 19.1. The number of primary amides is 1. The van der Waals surface area contributed by atoms with Crippen molar-refractivity contribution in [2.24, 2.45) is 5.73 Å². The predicted octanol–water partition coefficient (Wildman–Crippen LogP) is 5.45. The average molecular weight is 545 g/mol. The van der Waals surface area contributed by atoms with Gasteiger partial charge >= 0.3 is 6.09 Å². The third-order valence-corrected chi connectivity index (χ3v) is 6.83. The van der Waals surface area contributed by atoms with Crippen LogP contribution in [-0.4, -0.2) is 34.0 Å². The highest BCUT2D eigenvalue weighted by atomic mass is 127. The fraction of sp³-hybridized carbons (Fsp3) is 0.360. The van der Waals surface area contributed by atoms with E-state index in [1.165, 1.54) is 5.56 Å². The van der Waals surface area contributed by atoms with Crippen LogP contribution >= 0.6 is 22.6 Å². The zero-order chi connectivity index (χ0) is 23.4. The van der Waals surface area contributed by atoms with E-state index in [2.05, 4.69) is 46.6 Å². The van der Waals surface area contributed by atoms with Crippen LogP contribution in [0.15, 0.2) is 24.3 Å². The largest absolute Gasteiger partial charge is 0.444 e. The molecule has 0 unspecified atom stereocenters. The summed E-state index contributed by atoms with van der Waals surface area (Å²) in [4.78, 5) is 29.9. The van der Waals surface area contributed by atoms with Crippen LogP contribution in [0.5, 0.6) is 0 Å². The number of carbonyl (C=O) groups excluding carboxylic acids is 2. The van der Waals surface area contributed by atoms with Gasteiger partial charge in [0, 0.05) is 33.3 Å². The molecule has 1 aliphatic heterocycles. The number of aryl methyl sites for hydroxylation is 2. The number of halogens is 1. The molecule has 0 bridgehead atoms. The van der Waals surface area contributed by atoms with Gasteiger partial charge in [0.25, 0.3) is 5.91 Å². The van der Waals surface area contributed by atoms with Crippen LogP contribution in [0.4, 0.5) is 4.79 Å². The number of benzene rings is 2. The predicted molar refractivity (Wildman–Crippen MR) is 135 cm³/mol. The Morgan fingerprint density at radius 1 is 1.22 bits per heavy atom. The number of H-pyrrole nitrogens is 1. The SMILES string of the molecule is Cc1[nH]c2c(C(N)=O)cc(I)c(-c3cccc4c3CCN(C(=O)OC(C)(C)C)C4)c2c1C. The lowest BCUT2D eigenvalue weighted by Gasteiger charge is -2.32. The van der Waals surface area contributed by atoms with E-state index in [9.17, 15) is 9.59 Å². The number of carbonyl (C=O) groups is 2. The molecule has 32 heavy (non-hydrogen) atoms. The second-order valence-corrected chi connectivity index (χ2v) is 10.5. The maximum absolute atomic E-state index is 12.6. The maximum Gasteiger partial charge on any atom is 0.410 e. The van der Waals surface area contributed by atoms with Gasteiger partial charge in [0.05, 0.1) is 11.1 Å². The summed E-state index contributed by atoms with van der Waals surface area (Å²) < 4.78 is 6.56. The molecule has 0 saturated heterocycles. The second-order valence-electron chi connectivity index (χ2n) is 9.37. The number of rotatable bonds is 2. The molecule has 0 spiro atoms. The first-order chi connectivity index (χ1) is 15.0. The highest BCUT2D eigenvalue weighted by molar-refractivity contribution is 14.1. The summed E-state index contributed by atoms with van der Waals surface area (Å²) in [6, 6.07) is 8.10. The van der Waals surface area contributed by atoms with Crippen LogP contribution in [0.2, 0.25) is 0 Å². The van der Waals surface area contributed by atoms with E-state index in [-0.39, 0.29) is 6.09 Å². The molecule has 0 fully saturated rings. The number of fused-ring (bicyclic) bond motifs is 2. The van der Waals surface area contributed by atoms with Crippen LogP contribution in [0.25, 0.3) is 22.0 Å². The van der Waals surface area contributed by atoms with E-state index in [0.29, 0.717) is 18.7 Å². The molecule has 0 aliphatic carbocycles. The van der Waals surface area contributed by atoms with Crippen molar-refractivity contribution in [3.8, 4) is 11.1 Å². The van der Waals surface area contributed by atoms with Crippen molar-refractivity contribution < 1.29 is 14.3 Å². The Morgan fingerprint density at radius 3 is 2.59 bits per heavy atom. The number of nitrogens with two attached hydrogens (primary N) is 1. The normalized spacial score (nSPS) is 13.9. The maximum atomic E-state index is 12.6. The quantitative estimate of drug-likeness (QED) is 0.420. The van der Waals surface area contributed by atoms with Gasteiger partial charge in [-0.2, -0.15) is 0 Å². The fourth-order valence-electron chi connectivity index (χ4n) is 4.41. The van der Waals surface area contributed by atoms with Crippen LogP contribution < -0.4 is 5.73 Å². The van der Waals surface area contributed by atoms with Gasteiger partial charge in [-0.25, -0.2) is 4.79 Å². The molecule has 168 valence electrons. The Morgan fingerprint density at radius 2 is 1.94 bits per heavy atom. The van der Waals surface area contributed by atoms with E-state index >= 15 is 0 Å². The van der Waals surface area contributed by atoms with Gasteiger partial charge in [0.2, 0.25) is 0 Å². The Kier molecular flexibility index (Phi) is 5.73. The first kappa shape index (κ1) is 22.6. The van der Waals surface area contributed by atoms with Gasteiger partial charge in [-0.3, -0.25) is 4.79 Å². The summed E-state index contributed by atoms with van der Waals surface area (Å²) >= 11 is 2.29. The molecule has 0 atom stereocenters. The van der Waals surface area contributed by atoms with Gasteiger partial charge in [0.15, 0.2) is 0 Å². The minimum absolute atomic E-state index is 0.284. The minimum Gasteiger partial charge on any atom is -0.444 e. The standard InChI is InChI=1S/C25H28IN3O3/c1-13-14(2)28-22-18(23(27)30)11-19(26)21(20(13)22)17-8-6-7-15-12-29(10-9-16(15)17)24(31)32-25(3,4)5/h6-8,11,28H,9-10,12H2,1-5H3,(H2,27,30). The summed E-state index contributed by atoms with van der Waals surface area (Å²) in [7, 11) is 0. The Balaban J connectivity index is 1.84. The number of hydrogen-bond acceptors (Lipinski definition) is 3. The third kappa shape index (κ3) is 3.98. The highest BCUT2D eigenvalue weighted by Gasteiger charge is 2.28. The van der Waals surface area contributed by atoms with Crippen LogP contribution in [0.3, 0.4) is 0 Å². The van der Waals surface area contributed by atoms with Crippen LogP contribution in [-0.2, 0) is 17.7 Å². The smallest absolute Gasteiger partial charge is 0.410 e. The van der Waals surface area contributed by atoms with Crippen molar-refractivity contribution in [2.75, 3.05) is 6.54 Å². The van der Waals surface area contributed by atoms with Crippen molar-refractivity contribution in [1.29, 1.82) is 0 Å². The second kappa shape index (κ2) is 8.10. The van der Waals surface area contributed by atoms with Crippen molar-refractivity contribution in [3.05, 3.63) is 55.8 Å². The number of nitrogens with one attached hydrogen (secondary N) is 1. The Labute approximate surface area is 201 Å². The lowest BCUT2D eigenvalue weighted by molar-refractivity contribution is 0.0224. The molecule has 0 saturated carbocycles. The summed E-state index contributed by atoms with van der Waals surface area (Å²) in [5.74, 6) is -0.441. The summed E-state index contributed by atoms with van der Waals surface area (Å²) in [6.45, 7) is 10.8. The molecule has 6 nitrogen and oxygen atoms in total. The molecule has 1 aromatic heterocycles. The molecule has 4 rings (SSSR count). The molecule has 0 radical (unpaired) electrons. The van der Waals surface area contributed by atoms with Gasteiger partial charge in [0.1, 0.15) is 5.60 Å². The van der Waals surface area contributed by atoms with E-state index in [4.69, 9.17) is 10.5 Å². The number of aromatic amines is 1. The average Bonchev–Trinajstić information content (AvgIpc) is 3.00. The number of nitrogens with zero attached hydrogens (tertiary/aromatic N) is 1. The van der Waals surface area contributed by atoms with Crippen molar-refractivity contribution in [1.82, 2.24) is 9.88 Å². The monoisotopic (exact) mass is 545 g/mol. The van der Waals surface area contributed by atoms with Gasteiger partial charge in [-0.05, 0) is 92.0 Å². The molecule has 2 aromatic carbocycles. The Hall–Kier alpha value is -2.55. The minimum atomic E-state index is -0.521. The molecular weight excluding hydrogens is 517 g/mol. The summed E-state index contributed by atoms with van der Waals surface area (Å²) in [6.07, 6.45) is 0.455. The van der Waals surface area contributed by atoms with E-state index < -0.39 is 11.5 Å². The van der Waals surface area contributed by atoms with Crippen molar-refractivity contribution in [2.45, 2.75) is 53.2 Å². The molecule has 3 N–H and O–H groups in total. The first-order valence-corrected chi connectivity index (χ1v) is 11.8. The van der Waals surface area contributed by atoms with Gasteiger partial charge in [-0.1, -0.05) is 18.2 Å². The van der Waals surface area contributed by atoms with E-state index in [0.717, 1.165) is 48.8 Å². The molecule has 2 heterocycles. The van der Waals surface area contributed by atoms with Crippen LogP contribution in [0.1, 0.15) is 53.5 Å². The first-order valence-electron chi connectivity index (χ1n) is 10.7. The topological polar surface area (TPSA) is 88.4 Å². The number of amides is 2. The molecule has 2 amide bonds. The van der Waals surface area contributed by atoms with Gasteiger partial charge in [-0.15, -0.1) is 0 Å². The molecule has 7 heteroatoms. The number of ether oxygens (including phenoxy) is 1. The lowest BCUT2D eigenvalue weighted by atomic mass is 9.88. The lowest BCUT2D eigenvalue weighted by Crippen LogP contribution is -2.40. The Bertz CT molecular complexity index is 1250. The molecule has 3 aromatic rings. The van der Waals surface area contributed by atoms with E-state index in [1.54, 1.807) is 4.90 Å². The van der Waals surface area contributed by atoms with E-state index in [1.807, 2.05) is 39.8 Å². The molecule has 1 aliphatic rings. The van der Waals surface area contributed by atoms with Crippen molar-refractivity contribution >= 4 is 45.5 Å². The van der Waals surface area contributed by atoms with Gasteiger partial charge < -0.3 is 20.4 Å². The summed E-state index contributed by atoms with van der Waals surface area (Å²) in [5.41, 5.74) is 13.2. The van der Waals surface area contributed by atoms with Crippen molar-refractivity contribution in [3.63, 3.8) is 0 Å². The fourth-order valence-corrected chi connectivity index (χ4v) is 5.28. The third-order valence-electron chi connectivity index (χ3n) is 5.98. The zero-order valence-corrected chi connectivity index (χ0v) is 21.2. The number of aromatic nitrogens is 1. The van der Waals surface area contributed by atoms with Crippen LogP contribution in [0, 0.1) is 17.4 Å². The summed E-state index contributed by atoms with van der Waals surface area (Å²) in [5, 5.41) is 1.03. The molecular formula is C25H28IN3O3. The number of hydrogen-bond donors (Lipinski definition) is 2. The highest BCUT2D eigenvalue weighted by Crippen LogP contribution is 2.41.